The van der Waals surface area contributed by atoms with Crippen molar-refractivity contribution < 1.29 is 19.1 Å². The molecule has 1 aliphatic heterocycles. The monoisotopic (exact) mass is 567 g/mol. The predicted octanol–water partition coefficient (Wildman–Crippen LogP) is 3.25. The third kappa shape index (κ3) is 8.87. The number of hydrogen-bond acceptors (Lipinski definition) is 7. The third-order valence-corrected chi connectivity index (χ3v) is 6.28. The van der Waals surface area contributed by atoms with E-state index in [1.54, 1.807) is 36.0 Å². The van der Waals surface area contributed by atoms with Gasteiger partial charge in [-0.25, -0.2) is 9.80 Å². The van der Waals surface area contributed by atoms with E-state index >= 15 is 0 Å². The van der Waals surface area contributed by atoms with E-state index in [2.05, 4.69) is 22.8 Å². The molecule has 38 heavy (non-hydrogen) atoms. The van der Waals surface area contributed by atoms with Crippen LogP contribution < -0.4 is 10.6 Å². The van der Waals surface area contributed by atoms with Crippen LogP contribution in [0.1, 0.15) is 40.9 Å². The van der Waals surface area contributed by atoms with E-state index in [1.165, 1.54) is 11.1 Å². The van der Waals surface area contributed by atoms with Crippen LogP contribution in [0.5, 0.6) is 0 Å². The average Bonchev–Trinajstić information content (AvgIpc) is 3.31. The van der Waals surface area contributed by atoms with E-state index in [0.717, 1.165) is 12.1 Å². The molecule has 0 aliphatic carbocycles. The molecule has 0 unspecified atom stereocenters. The highest BCUT2D eigenvalue weighted by Crippen LogP contribution is 2.23. The summed E-state index contributed by atoms with van der Waals surface area (Å²) in [6.07, 6.45) is 0. The van der Waals surface area contributed by atoms with Gasteiger partial charge in [-0.05, 0) is 49.2 Å². The van der Waals surface area contributed by atoms with Gasteiger partial charge in [-0.1, -0.05) is 37.3 Å². The summed E-state index contributed by atoms with van der Waals surface area (Å²) in [6, 6.07) is 13.4. The van der Waals surface area contributed by atoms with E-state index in [0.29, 0.717) is 44.0 Å². The maximum atomic E-state index is 13.2. The van der Waals surface area contributed by atoms with Crippen molar-refractivity contribution in [3.8, 4) is 0 Å². The first-order valence-electron chi connectivity index (χ1n) is 12.4. The first-order valence-corrected chi connectivity index (χ1v) is 12.4. The Labute approximate surface area is 237 Å². The van der Waals surface area contributed by atoms with E-state index in [-0.39, 0.29) is 49.7 Å². The van der Waals surface area contributed by atoms with Gasteiger partial charge in [0.05, 0.1) is 18.7 Å². The zero-order valence-electron chi connectivity index (χ0n) is 22.5. The van der Waals surface area contributed by atoms with Crippen molar-refractivity contribution >= 4 is 48.3 Å². The van der Waals surface area contributed by atoms with E-state index in [4.69, 9.17) is 4.74 Å². The number of esters is 1. The number of carbonyl (C=O) groups excluding carboxylic acids is 3. The second-order valence-corrected chi connectivity index (χ2v) is 8.78. The van der Waals surface area contributed by atoms with Crippen LogP contribution in [0.15, 0.2) is 42.5 Å². The molecule has 0 aromatic heterocycles. The SMILES string of the molecule is CCNCCN(CC(=O)N(C)N1Cc2ccccc2C1)C(=O)CNc1cc(C(=O)OCC)ccc1C.Cl.Cl. The molecule has 2 N–H and O–H groups in total. The molecule has 2 aromatic rings. The molecular weight excluding hydrogens is 529 g/mol. The molecule has 0 saturated heterocycles. The van der Waals surface area contributed by atoms with Gasteiger partial charge >= 0.3 is 5.97 Å². The second kappa shape index (κ2) is 16.2. The fourth-order valence-corrected chi connectivity index (χ4v) is 4.07. The van der Waals surface area contributed by atoms with Crippen LogP contribution in [-0.2, 0) is 27.4 Å². The van der Waals surface area contributed by atoms with Crippen LogP contribution in [0.25, 0.3) is 0 Å². The fraction of sp³-hybridized carbons (Fsp3) is 0.444. The van der Waals surface area contributed by atoms with E-state index < -0.39 is 5.97 Å². The minimum absolute atomic E-state index is 0. The van der Waals surface area contributed by atoms with Gasteiger partial charge in [0.2, 0.25) is 5.91 Å². The molecule has 0 saturated carbocycles. The zero-order chi connectivity index (χ0) is 26.1. The van der Waals surface area contributed by atoms with Crippen LogP contribution in [0.3, 0.4) is 0 Å². The van der Waals surface area contributed by atoms with Gasteiger partial charge in [-0.3, -0.25) is 14.6 Å². The Kier molecular flexibility index (Phi) is 14.1. The summed E-state index contributed by atoms with van der Waals surface area (Å²) in [5, 5.41) is 9.96. The normalized spacial score (nSPS) is 12.0. The Morgan fingerprint density at radius 1 is 1.00 bits per heavy atom. The van der Waals surface area contributed by atoms with Crippen molar-refractivity contribution in [2.75, 3.05) is 51.7 Å². The maximum Gasteiger partial charge on any atom is 0.338 e. The number of carbonyl (C=O) groups is 3. The lowest BCUT2D eigenvalue weighted by molar-refractivity contribution is -0.151. The molecule has 0 bridgehead atoms. The first-order chi connectivity index (χ1) is 17.3. The minimum Gasteiger partial charge on any atom is -0.462 e. The molecule has 210 valence electrons. The van der Waals surface area contributed by atoms with Crippen LogP contribution in [0.4, 0.5) is 5.69 Å². The number of nitrogens with zero attached hydrogens (tertiary/aromatic N) is 3. The Morgan fingerprint density at radius 3 is 2.26 bits per heavy atom. The summed E-state index contributed by atoms with van der Waals surface area (Å²) in [5.41, 5.74) is 4.42. The number of rotatable bonds is 12. The molecule has 2 aromatic carbocycles. The van der Waals surface area contributed by atoms with Crippen molar-refractivity contribution in [1.82, 2.24) is 20.2 Å². The molecule has 0 fully saturated rings. The van der Waals surface area contributed by atoms with Crippen molar-refractivity contribution in [2.45, 2.75) is 33.9 Å². The van der Waals surface area contributed by atoms with Crippen LogP contribution in [0, 0.1) is 6.92 Å². The van der Waals surface area contributed by atoms with Gasteiger partial charge in [0.25, 0.3) is 5.91 Å². The summed E-state index contributed by atoms with van der Waals surface area (Å²) in [5.74, 6) is -0.745. The van der Waals surface area contributed by atoms with Crippen molar-refractivity contribution in [1.29, 1.82) is 0 Å². The summed E-state index contributed by atoms with van der Waals surface area (Å²) < 4.78 is 5.08. The Balaban J connectivity index is 0.00000361. The van der Waals surface area contributed by atoms with Crippen LogP contribution >= 0.6 is 24.8 Å². The van der Waals surface area contributed by atoms with Crippen molar-refractivity contribution in [3.05, 3.63) is 64.7 Å². The van der Waals surface area contributed by atoms with Gasteiger partial charge in [0.15, 0.2) is 0 Å². The molecule has 3 rings (SSSR count). The Bertz CT molecular complexity index is 1060. The number of aryl methyl sites for hydroxylation is 1. The summed E-state index contributed by atoms with van der Waals surface area (Å²) in [4.78, 5) is 40.0. The first kappa shape index (κ1) is 33.2. The Morgan fingerprint density at radius 2 is 1.66 bits per heavy atom. The molecule has 0 spiro atoms. The predicted molar refractivity (Wildman–Crippen MR) is 154 cm³/mol. The van der Waals surface area contributed by atoms with Crippen molar-refractivity contribution in [3.63, 3.8) is 0 Å². The number of likely N-dealkylation sites (N-methyl/N-ethyl adjacent to an activating group) is 2. The average molecular weight is 569 g/mol. The topological polar surface area (TPSA) is 94.2 Å². The molecule has 11 heteroatoms. The Hall–Kier alpha value is -2.85. The highest BCUT2D eigenvalue weighted by Gasteiger charge is 2.27. The number of fused-ring (bicyclic) bond motifs is 1. The number of benzene rings is 2. The van der Waals surface area contributed by atoms with Gasteiger partial charge in [0.1, 0.15) is 6.54 Å². The molecule has 1 heterocycles. The van der Waals surface area contributed by atoms with E-state index in [1.807, 2.05) is 37.1 Å². The largest absolute Gasteiger partial charge is 0.462 e. The van der Waals surface area contributed by atoms with Crippen LogP contribution in [0.2, 0.25) is 0 Å². The standard InChI is InChI=1S/C27H37N5O4.2ClH/c1-5-28-13-14-31(19-26(34)30(4)32-17-22-9-7-8-10-23(22)18-32)25(33)16-29-24-15-21(12-11-20(24)3)27(35)36-6-2;;/h7-12,15,28-29H,5-6,13-14,16-19H2,1-4H3;2*1H. The molecule has 0 radical (unpaired) electrons. The van der Waals surface area contributed by atoms with Gasteiger partial charge in [0, 0.05) is 38.9 Å². The highest BCUT2D eigenvalue weighted by molar-refractivity contribution is 5.91. The number of nitrogens with one attached hydrogen (secondary N) is 2. The number of amides is 2. The van der Waals surface area contributed by atoms with Gasteiger partial charge in [-0.15, -0.1) is 24.8 Å². The van der Waals surface area contributed by atoms with Gasteiger partial charge < -0.3 is 20.3 Å². The molecule has 2 amide bonds. The van der Waals surface area contributed by atoms with Crippen LogP contribution in [-0.4, -0.2) is 79.1 Å². The number of hydrazine groups is 1. The lowest BCUT2D eigenvalue weighted by Gasteiger charge is -2.31. The third-order valence-electron chi connectivity index (χ3n) is 6.28. The number of halogens is 2. The summed E-state index contributed by atoms with van der Waals surface area (Å²) in [6.45, 7) is 9.05. The number of hydrogen-bond donors (Lipinski definition) is 2. The lowest BCUT2D eigenvalue weighted by atomic mass is 10.1. The van der Waals surface area contributed by atoms with E-state index in [9.17, 15) is 14.4 Å². The highest BCUT2D eigenvalue weighted by atomic mass is 35.5. The smallest absolute Gasteiger partial charge is 0.338 e. The maximum absolute atomic E-state index is 13.2. The summed E-state index contributed by atoms with van der Waals surface area (Å²) >= 11 is 0. The molecule has 9 nitrogen and oxygen atoms in total. The molecule has 1 aliphatic rings. The lowest BCUT2D eigenvalue weighted by Crippen LogP contribution is -2.49. The number of ether oxygens (including phenoxy) is 1. The van der Waals surface area contributed by atoms with Gasteiger partial charge in [-0.2, -0.15) is 0 Å². The molecule has 0 atom stereocenters. The zero-order valence-corrected chi connectivity index (χ0v) is 24.1. The fourth-order valence-electron chi connectivity index (χ4n) is 4.07. The summed E-state index contributed by atoms with van der Waals surface area (Å²) in [7, 11) is 1.75. The molecular formula is C27H39Cl2N5O4. The number of anilines is 1. The second-order valence-electron chi connectivity index (χ2n) is 8.78. The quantitative estimate of drug-likeness (QED) is 0.300. The van der Waals surface area contributed by atoms with Crippen molar-refractivity contribution in [2.24, 2.45) is 0 Å². The minimum atomic E-state index is -0.406.